The number of amides is 1. The van der Waals surface area contributed by atoms with E-state index in [9.17, 15) is 4.79 Å². The summed E-state index contributed by atoms with van der Waals surface area (Å²) in [6.45, 7) is 0. The van der Waals surface area contributed by atoms with Crippen molar-refractivity contribution in [3.05, 3.63) is 36.4 Å². The first-order chi connectivity index (χ1) is 12.1. The minimum absolute atomic E-state index is 0.0717. The first kappa shape index (κ1) is 18.8. The lowest BCUT2D eigenvalue weighted by atomic mass is 10.2. The zero-order chi connectivity index (χ0) is 18.2. The van der Waals surface area contributed by atoms with Gasteiger partial charge in [-0.25, -0.2) is 0 Å². The average Bonchev–Trinajstić information content (AvgIpc) is 2.61. The Hall–Kier alpha value is -2.54. The highest BCUT2D eigenvalue weighted by Crippen LogP contribution is 2.32. The maximum atomic E-state index is 12.1. The fraction of sp³-hybridized carbons (Fsp3) is 0.278. The van der Waals surface area contributed by atoms with Gasteiger partial charge in [-0.1, -0.05) is 0 Å². The molecule has 0 atom stereocenters. The van der Waals surface area contributed by atoms with Gasteiger partial charge < -0.3 is 25.3 Å². The number of nitrogens with two attached hydrogens (primary N) is 1. The molecule has 0 spiro atoms. The lowest BCUT2D eigenvalue weighted by molar-refractivity contribution is -0.115. The third-order valence-electron chi connectivity index (χ3n) is 3.47. The lowest BCUT2D eigenvalue weighted by Crippen LogP contribution is -2.12. The van der Waals surface area contributed by atoms with E-state index in [1.54, 1.807) is 51.3 Å². The van der Waals surface area contributed by atoms with E-state index in [4.69, 9.17) is 19.9 Å². The molecular formula is C18H22N2O4S. The maximum Gasteiger partial charge on any atom is 0.225 e. The molecule has 0 fully saturated rings. The molecule has 3 N–H and O–H groups in total. The fourth-order valence-electron chi connectivity index (χ4n) is 2.20. The summed E-state index contributed by atoms with van der Waals surface area (Å²) in [4.78, 5) is 13.1. The summed E-state index contributed by atoms with van der Waals surface area (Å²) >= 11 is 1.58. The second-order valence-corrected chi connectivity index (χ2v) is 6.29. The van der Waals surface area contributed by atoms with Gasteiger partial charge in [0.15, 0.2) is 11.5 Å². The lowest BCUT2D eigenvalue weighted by Gasteiger charge is -2.10. The van der Waals surface area contributed by atoms with Gasteiger partial charge >= 0.3 is 0 Å². The number of benzene rings is 2. The molecule has 0 heterocycles. The fourth-order valence-corrected chi connectivity index (χ4v) is 3.08. The molecule has 0 aliphatic heterocycles. The van der Waals surface area contributed by atoms with E-state index in [0.29, 0.717) is 40.8 Å². The van der Waals surface area contributed by atoms with Crippen molar-refractivity contribution in [3.8, 4) is 17.2 Å². The highest BCUT2D eigenvalue weighted by atomic mass is 32.2. The molecular weight excluding hydrogens is 340 g/mol. The highest BCUT2D eigenvalue weighted by molar-refractivity contribution is 7.99. The molecule has 2 rings (SSSR count). The summed E-state index contributed by atoms with van der Waals surface area (Å²) in [5, 5.41) is 2.83. The Bertz CT molecular complexity index is 737. The van der Waals surface area contributed by atoms with Crippen LogP contribution < -0.4 is 25.3 Å². The van der Waals surface area contributed by atoms with Crippen LogP contribution in [0.15, 0.2) is 41.3 Å². The van der Waals surface area contributed by atoms with Crippen LogP contribution in [0.2, 0.25) is 0 Å². The third kappa shape index (κ3) is 5.22. The SMILES string of the molecule is COc1ccc(NC(=O)CCSc2ccc(OC)c(OC)c2)cc1N. The Morgan fingerprint density at radius 3 is 2.32 bits per heavy atom. The van der Waals surface area contributed by atoms with Crippen LogP contribution in [-0.4, -0.2) is 33.0 Å². The number of carbonyl (C=O) groups is 1. The van der Waals surface area contributed by atoms with E-state index in [0.717, 1.165) is 4.90 Å². The van der Waals surface area contributed by atoms with Gasteiger partial charge in [0.2, 0.25) is 5.91 Å². The van der Waals surface area contributed by atoms with E-state index < -0.39 is 0 Å². The van der Waals surface area contributed by atoms with Crippen molar-refractivity contribution in [2.45, 2.75) is 11.3 Å². The molecule has 0 saturated carbocycles. The van der Waals surface area contributed by atoms with Gasteiger partial charge in [-0.2, -0.15) is 0 Å². The molecule has 6 nitrogen and oxygen atoms in total. The molecule has 0 unspecified atom stereocenters. The largest absolute Gasteiger partial charge is 0.495 e. The molecule has 0 aliphatic carbocycles. The number of thioether (sulfide) groups is 1. The third-order valence-corrected chi connectivity index (χ3v) is 4.46. The molecule has 2 aromatic carbocycles. The summed E-state index contributed by atoms with van der Waals surface area (Å²) in [6.07, 6.45) is 0.380. The number of hydrogen-bond acceptors (Lipinski definition) is 6. The molecule has 0 saturated heterocycles. The number of anilines is 2. The molecule has 2 aromatic rings. The number of rotatable bonds is 8. The van der Waals surface area contributed by atoms with Crippen molar-refractivity contribution in [1.29, 1.82) is 0 Å². The predicted molar refractivity (Wildman–Crippen MR) is 101 cm³/mol. The smallest absolute Gasteiger partial charge is 0.225 e. The van der Waals surface area contributed by atoms with Gasteiger partial charge in [0, 0.05) is 22.8 Å². The van der Waals surface area contributed by atoms with Crippen LogP contribution in [0.1, 0.15) is 6.42 Å². The molecule has 25 heavy (non-hydrogen) atoms. The van der Waals surface area contributed by atoms with Crippen LogP contribution >= 0.6 is 11.8 Å². The van der Waals surface area contributed by atoms with Gasteiger partial charge in [-0.05, 0) is 36.4 Å². The Labute approximate surface area is 151 Å². The Balaban J connectivity index is 1.85. The number of nitrogens with one attached hydrogen (secondary N) is 1. The number of ether oxygens (including phenoxy) is 3. The highest BCUT2D eigenvalue weighted by Gasteiger charge is 2.08. The second kappa shape index (κ2) is 9.08. The first-order valence-corrected chi connectivity index (χ1v) is 8.64. The van der Waals surface area contributed by atoms with Gasteiger partial charge in [0.05, 0.1) is 27.0 Å². The van der Waals surface area contributed by atoms with E-state index in [1.165, 1.54) is 0 Å². The molecule has 134 valence electrons. The summed E-state index contributed by atoms with van der Waals surface area (Å²) in [6, 6.07) is 10.8. The molecule has 1 amide bonds. The quantitative estimate of drug-likeness (QED) is 0.553. The van der Waals surface area contributed by atoms with E-state index >= 15 is 0 Å². The average molecular weight is 362 g/mol. The number of hydrogen-bond donors (Lipinski definition) is 2. The van der Waals surface area contributed by atoms with Crippen LogP contribution in [0, 0.1) is 0 Å². The van der Waals surface area contributed by atoms with Crippen LogP contribution in [-0.2, 0) is 4.79 Å². The Morgan fingerprint density at radius 1 is 1.00 bits per heavy atom. The van der Waals surface area contributed by atoms with Crippen molar-refractivity contribution in [2.75, 3.05) is 38.1 Å². The van der Waals surface area contributed by atoms with Gasteiger partial charge in [-0.3, -0.25) is 4.79 Å². The Kier molecular flexibility index (Phi) is 6.82. The monoisotopic (exact) mass is 362 g/mol. The minimum atomic E-state index is -0.0717. The summed E-state index contributed by atoms with van der Waals surface area (Å²) in [7, 11) is 4.75. The van der Waals surface area contributed by atoms with Crippen LogP contribution in [0.25, 0.3) is 0 Å². The normalized spacial score (nSPS) is 10.2. The van der Waals surface area contributed by atoms with Crippen LogP contribution in [0.5, 0.6) is 17.2 Å². The summed E-state index contributed by atoms with van der Waals surface area (Å²) in [5.41, 5.74) is 6.97. The van der Waals surface area contributed by atoms with Crippen molar-refractivity contribution in [2.24, 2.45) is 0 Å². The van der Waals surface area contributed by atoms with Crippen molar-refractivity contribution in [3.63, 3.8) is 0 Å². The van der Waals surface area contributed by atoms with E-state index in [-0.39, 0.29) is 5.91 Å². The topological polar surface area (TPSA) is 82.8 Å². The zero-order valence-electron chi connectivity index (χ0n) is 14.5. The summed E-state index contributed by atoms with van der Waals surface area (Å²) in [5.74, 6) is 2.51. The molecule has 0 aliphatic rings. The van der Waals surface area contributed by atoms with Crippen molar-refractivity contribution >= 4 is 29.0 Å². The number of nitrogen functional groups attached to an aromatic ring is 1. The van der Waals surface area contributed by atoms with Gasteiger partial charge in [0.1, 0.15) is 5.75 Å². The molecule has 0 aromatic heterocycles. The predicted octanol–water partition coefficient (Wildman–Crippen LogP) is 3.42. The van der Waals surface area contributed by atoms with Gasteiger partial charge in [0.25, 0.3) is 0 Å². The van der Waals surface area contributed by atoms with E-state index in [2.05, 4.69) is 5.32 Å². The second-order valence-electron chi connectivity index (χ2n) is 5.12. The summed E-state index contributed by atoms with van der Waals surface area (Å²) < 4.78 is 15.6. The molecule has 7 heteroatoms. The minimum Gasteiger partial charge on any atom is -0.495 e. The van der Waals surface area contributed by atoms with Crippen LogP contribution in [0.4, 0.5) is 11.4 Å². The van der Waals surface area contributed by atoms with Crippen molar-refractivity contribution in [1.82, 2.24) is 0 Å². The van der Waals surface area contributed by atoms with Crippen LogP contribution in [0.3, 0.4) is 0 Å². The first-order valence-electron chi connectivity index (χ1n) is 7.65. The van der Waals surface area contributed by atoms with E-state index in [1.807, 2.05) is 18.2 Å². The number of methoxy groups -OCH3 is 3. The maximum absolute atomic E-state index is 12.1. The van der Waals surface area contributed by atoms with Crippen molar-refractivity contribution < 1.29 is 19.0 Å². The molecule has 0 radical (unpaired) electrons. The van der Waals surface area contributed by atoms with Gasteiger partial charge in [-0.15, -0.1) is 11.8 Å². The zero-order valence-corrected chi connectivity index (χ0v) is 15.3. The molecule has 0 bridgehead atoms. The number of carbonyl (C=O) groups excluding carboxylic acids is 1. The standard InChI is InChI=1S/C18H22N2O4S/c1-22-15-6-4-12(10-14(15)19)20-18(21)8-9-25-13-5-7-16(23-2)17(11-13)24-3/h4-7,10-11H,8-9,19H2,1-3H3,(H,20,21). The Morgan fingerprint density at radius 2 is 1.68 bits per heavy atom.